The van der Waals surface area contributed by atoms with Gasteiger partial charge >= 0.3 is 12.0 Å². The summed E-state index contributed by atoms with van der Waals surface area (Å²) in [4.78, 5) is 44.9. The van der Waals surface area contributed by atoms with E-state index in [0.29, 0.717) is 54.8 Å². The van der Waals surface area contributed by atoms with Crippen LogP contribution in [0.3, 0.4) is 0 Å². The fraction of sp³-hybridized carbons (Fsp3) is 0.406. The number of hydrogen-bond acceptors (Lipinski definition) is 9. The molecular formula is C32H38N4O8. The van der Waals surface area contributed by atoms with Crippen LogP contribution in [0.25, 0.3) is 0 Å². The molecule has 0 aliphatic carbocycles. The molecule has 12 heteroatoms. The third kappa shape index (κ3) is 8.29. The van der Waals surface area contributed by atoms with Crippen LogP contribution in [0.5, 0.6) is 11.5 Å². The number of aryl methyl sites for hydroxylation is 1. The van der Waals surface area contributed by atoms with Gasteiger partial charge in [-0.05, 0) is 67.9 Å². The highest BCUT2D eigenvalue weighted by Crippen LogP contribution is 2.33. The zero-order valence-electron chi connectivity index (χ0n) is 25.1. The van der Waals surface area contributed by atoms with Crippen LogP contribution < -0.4 is 14.8 Å². The van der Waals surface area contributed by atoms with Gasteiger partial charge in [0.25, 0.3) is 0 Å². The Hall–Kier alpha value is -4.55. The molecule has 0 atom stereocenters. The third-order valence-electron chi connectivity index (χ3n) is 7.36. The summed E-state index contributed by atoms with van der Waals surface area (Å²) in [6.45, 7) is 8.07. The molecule has 3 heterocycles. The zero-order chi connectivity index (χ0) is 30.9. The summed E-state index contributed by atoms with van der Waals surface area (Å²) >= 11 is 0. The molecule has 0 spiro atoms. The molecule has 0 saturated carbocycles. The Labute approximate surface area is 256 Å². The van der Waals surface area contributed by atoms with Gasteiger partial charge in [-0.3, -0.25) is 9.69 Å². The lowest BCUT2D eigenvalue weighted by molar-refractivity contribution is -0.133. The van der Waals surface area contributed by atoms with Crippen LogP contribution in [0, 0.1) is 6.92 Å². The molecule has 0 radical (unpaired) electrons. The smallest absolute Gasteiger partial charge is 0.338 e. The number of furan rings is 1. The first kappa shape index (κ1) is 30.9. The second-order valence-electron chi connectivity index (χ2n) is 10.6. The van der Waals surface area contributed by atoms with Gasteiger partial charge in [0.05, 0.1) is 31.9 Å². The molecule has 12 nitrogen and oxygen atoms in total. The van der Waals surface area contributed by atoms with Crippen LogP contribution in [0.15, 0.2) is 59.0 Å². The van der Waals surface area contributed by atoms with E-state index in [2.05, 4.69) is 10.2 Å². The molecule has 44 heavy (non-hydrogen) atoms. The Bertz CT molecular complexity index is 1430. The number of morpholine rings is 1. The van der Waals surface area contributed by atoms with E-state index in [9.17, 15) is 14.4 Å². The van der Waals surface area contributed by atoms with Gasteiger partial charge < -0.3 is 38.5 Å². The van der Waals surface area contributed by atoms with Crippen molar-refractivity contribution in [3.8, 4) is 11.5 Å². The summed E-state index contributed by atoms with van der Waals surface area (Å²) < 4.78 is 27.3. The summed E-state index contributed by atoms with van der Waals surface area (Å²) in [6, 6.07) is 15.3. The lowest BCUT2D eigenvalue weighted by atomic mass is 10.2. The largest absolute Gasteiger partial charge is 0.464 e. The van der Waals surface area contributed by atoms with E-state index in [-0.39, 0.29) is 38.9 Å². The Kier molecular flexibility index (Phi) is 10.4. The summed E-state index contributed by atoms with van der Waals surface area (Å²) in [6.07, 6.45) is 0. The maximum atomic E-state index is 13.9. The molecule has 1 saturated heterocycles. The number of nitrogens with zero attached hydrogens (tertiary/aromatic N) is 3. The molecular weight excluding hydrogens is 568 g/mol. The van der Waals surface area contributed by atoms with Crippen LogP contribution in [0.1, 0.15) is 34.4 Å². The normalized spacial score (nSPS) is 14.2. The van der Waals surface area contributed by atoms with Gasteiger partial charge in [0.1, 0.15) is 18.1 Å². The standard InChI is InChI=1S/C32H38N4O8/c1-3-41-31(38)25-6-8-26(9-7-25)33-32(39)35(13-12-34-14-16-40-17-15-34)21-30(37)36(20-27-10-4-23(2)44-27)19-24-5-11-28-29(18-24)43-22-42-28/h4-11,18H,3,12-17,19-22H2,1-2H3,(H,33,39). The minimum absolute atomic E-state index is 0.151. The molecule has 0 unspecified atom stereocenters. The number of esters is 1. The first-order valence-corrected chi connectivity index (χ1v) is 14.7. The predicted molar refractivity (Wildman–Crippen MR) is 161 cm³/mol. The lowest BCUT2D eigenvalue weighted by Crippen LogP contribution is -2.48. The topological polar surface area (TPSA) is 123 Å². The van der Waals surface area contributed by atoms with E-state index in [4.69, 9.17) is 23.4 Å². The molecule has 2 aliphatic rings. The van der Waals surface area contributed by atoms with Crippen LogP contribution in [0.2, 0.25) is 0 Å². The number of carbonyl (C=O) groups excluding carboxylic acids is 3. The van der Waals surface area contributed by atoms with Gasteiger partial charge in [-0.25, -0.2) is 9.59 Å². The second kappa shape index (κ2) is 14.8. The lowest BCUT2D eigenvalue weighted by Gasteiger charge is -2.31. The number of amides is 3. The van der Waals surface area contributed by atoms with Crippen molar-refractivity contribution in [3.05, 3.63) is 77.2 Å². The molecule has 0 bridgehead atoms. The van der Waals surface area contributed by atoms with Crippen LogP contribution in [-0.2, 0) is 27.4 Å². The Morgan fingerprint density at radius 3 is 2.43 bits per heavy atom. The highest BCUT2D eigenvalue weighted by atomic mass is 16.7. The number of ether oxygens (including phenoxy) is 4. The molecule has 2 aliphatic heterocycles. The van der Waals surface area contributed by atoms with Gasteiger partial charge in [0.15, 0.2) is 11.5 Å². The predicted octanol–water partition coefficient (Wildman–Crippen LogP) is 3.89. The van der Waals surface area contributed by atoms with Crippen molar-refractivity contribution < 1.29 is 37.7 Å². The number of hydrogen-bond donors (Lipinski definition) is 1. The molecule has 234 valence electrons. The number of rotatable bonds is 12. The Morgan fingerprint density at radius 1 is 0.932 bits per heavy atom. The minimum atomic E-state index is -0.433. The number of fused-ring (bicyclic) bond motifs is 1. The zero-order valence-corrected chi connectivity index (χ0v) is 25.1. The number of carbonyl (C=O) groups is 3. The molecule has 3 amide bonds. The third-order valence-corrected chi connectivity index (χ3v) is 7.36. The number of benzene rings is 2. The van der Waals surface area contributed by atoms with Gasteiger partial charge in [0, 0.05) is 38.4 Å². The summed E-state index contributed by atoms with van der Waals surface area (Å²) in [7, 11) is 0. The van der Waals surface area contributed by atoms with E-state index < -0.39 is 12.0 Å². The number of urea groups is 1. The first-order valence-electron chi connectivity index (χ1n) is 14.7. The summed E-state index contributed by atoms with van der Waals surface area (Å²) in [5.74, 6) is 2.00. The van der Waals surface area contributed by atoms with Gasteiger partial charge in [-0.15, -0.1) is 0 Å². The molecule has 1 N–H and O–H groups in total. The molecule has 1 aromatic heterocycles. The summed E-state index contributed by atoms with van der Waals surface area (Å²) in [5, 5.41) is 2.88. The van der Waals surface area contributed by atoms with Crippen molar-refractivity contribution in [1.82, 2.24) is 14.7 Å². The van der Waals surface area contributed by atoms with Crippen molar-refractivity contribution in [2.24, 2.45) is 0 Å². The monoisotopic (exact) mass is 606 g/mol. The Balaban J connectivity index is 1.31. The van der Waals surface area contributed by atoms with Crippen LogP contribution in [-0.4, -0.2) is 91.9 Å². The van der Waals surface area contributed by atoms with E-state index in [1.165, 1.54) is 4.90 Å². The van der Waals surface area contributed by atoms with Gasteiger partial charge in [-0.2, -0.15) is 0 Å². The van der Waals surface area contributed by atoms with E-state index in [0.717, 1.165) is 24.4 Å². The second-order valence-corrected chi connectivity index (χ2v) is 10.6. The van der Waals surface area contributed by atoms with Crippen molar-refractivity contribution in [2.75, 3.05) is 64.7 Å². The molecule has 1 fully saturated rings. The first-order chi connectivity index (χ1) is 21.4. The van der Waals surface area contributed by atoms with Crippen molar-refractivity contribution in [2.45, 2.75) is 26.9 Å². The fourth-order valence-electron chi connectivity index (χ4n) is 4.96. The molecule has 3 aromatic rings. The fourth-order valence-corrected chi connectivity index (χ4v) is 4.96. The highest BCUT2D eigenvalue weighted by Gasteiger charge is 2.25. The minimum Gasteiger partial charge on any atom is -0.464 e. The highest BCUT2D eigenvalue weighted by molar-refractivity contribution is 5.94. The number of anilines is 1. The molecule has 2 aromatic carbocycles. The van der Waals surface area contributed by atoms with E-state index >= 15 is 0 Å². The Morgan fingerprint density at radius 2 is 1.70 bits per heavy atom. The van der Waals surface area contributed by atoms with Crippen molar-refractivity contribution >= 4 is 23.6 Å². The summed E-state index contributed by atoms with van der Waals surface area (Å²) in [5.41, 5.74) is 1.74. The number of nitrogens with one attached hydrogen (secondary N) is 1. The maximum absolute atomic E-state index is 13.9. The van der Waals surface area contributed by atoms with Gasteiger partial charge in [-0.1, -0.05) is 6.07 Å². The van der Waals surface area contributed by atoms with Crippen molar-refractivity contribution in [1.29, 1.82) is 0 Å². The van der Waals surface area contributed by atoms with Crippen molar-refractivity contribution in [3.63, 3.8) is 0 Å². The van der Waals surface area contributed by atoms with E-state index in [1.54, 1.807) is 36.1 Å². The van der Waals surface area contributed by atoms with E-state index in [1.807, 2.05) is 37.3 Å². The van der Waals surface area contributed by atoms with Gasteiger partial charge in [0.2, 0.25) is 12.7 Å². The van der Waals surface area contributed by atoms with Crippen LogP contribution >= 0.6 is 0 Å². The SMILES string of the molecule is CCOC(=O)c1ccc(NC(=O)N(CCN2CCOCC2)CC(=O)N(Cc2ccc3c(c2)OCO3)Cc2ccc(C)o2)cc1. The average Bonchev–Trinajstić information content (AvgIpc) is 3.67. The molecule has 5 rings (SSSR count). The van der Waals surface area contributed by atoms with Crippen LogP contribution in [0.4, 0.5) is 10.5 Å². The quantitative estimate of drug-likeness (QED) is 0.306. The average molecular weight is 607 g/mol. The maximum Gasteiger partial charge on any atom is 0.338 e.